The second-order valence-electron chi connectivity index (χ2n) is 7.17. The summed E-state index contributed by atoms with van der Waals surface area (Å²) in [6.07, 6.45) is 0. The van der Waals surface area contributed by atoms with Crippen LogP contribution in [0.1, 0.15) is 53.5 Å². The van der Waals surface area contributed by atoms with Crippen LogP contribution >= 0.6 is 0 Å². The third-order valence-electron chi connectivity index (χ3n) is 5.33. The number of aromatic hydroxyl groups is 1. The minimum atomic E-state index is -4.49. The molecule has 3 aromatic carbocycles. The number of benzene rings is 3. The van der Waals surface area contributed by atoms with E-state index in [2.05, 4.69) is 31.2 Å². The SMILES string of the molecule is Cc1cc(O)c(S(=O)(=O)O)cc1C(C)c1ccc(C(C)c2ccccc2)cc1. The van der Waals surface area contributed by atoms with Crippen molar-refractivity contribution >= 4 is 10.1 Å². The molecule has 0 aliphatic rings. The normalized spacial score (nSPS) is 13.9. The zero-order chi connectivity index (χ0) is 20.5. The molecule has 0 radical (unpaired) electrons. The zero-order valence-corrected chi connectivity index (χ0v) is 16.9. The molecule has 3 rings (SSSR count). The maximum atomic E-state index is 11.5. The first-order valence-electron chi connectivity index (χ1n) is 9.14. The Morgan fingerprint density at radius 2 is 1.29 bits per heavy atom. The highest BCUT2D eigenvalue weighted by molar-refractivity contribution is 7.86. The van der Waals surface area contributed by atoms with Crippen LogP contribution in [-0.2, 0) is 10.1 Å². The van der Waals surface area contributed by atoms with E-state index >= 15 is 0 Å². The number of hydrogen-bond donors (Lipinski definition) is 2. The van der Waals surface area contributed by atoms with Crippen LogP contribution in [-0.4, -0.2) is 18.1 Å². The van der Waals surface area contributed by atoms with Crippen LogP contribution < -0.4 is 0 Å². The number of aryl methyl sites for hydroxylation is 1. The first-order valence-corrected chi connectivity index (χ1v) is 10.6. The molecule has 5 heteroatoms. The molecule has 0 amide bonds. The Morgan fingerprint density at radius 1 is 0.786 bits per heavy atom. The van der Waals surface area contributed by atoms with Gasteiger partial charge in [-0.3, -0.25) is 4.55 Å². The van der Waals surface area contributed by atoms with Crippen LogP contribution in [0.4, 0.5) is 0 Å². The summed E-state index contributed by atoms with van der Waals surface area (Å²) in [5.74, 6) is -0.266. The lowest BCUT2D eigenvalue weighted by atomic mass is 9.87. The van der Waals surface area contributed by atoms with E-state index in [-0.39, 0.29) is 11.8 Å². The van der Waals surface area contributed by atoms with Gasteiger partial charge in [-0.1, -0.05) is 68.4 Å². The summed E-state index contributed by atoms with van der Waals surface area (Å²) in [6.45, 7) is 5.95. The molecule has 146 valence electrons. The van der Waals surface area contributed by atoms with Crippen LogP contribution in [0, 0.1) is 6.92 Å². The van der Waals surface area contributed by atoms with Gasteiger partial charge < -0.3 is 5.11 Å². The lowest BCUT2D eigenvalue weighted by molar-refractivity contribution is 0.442. The number of hydrogen-bond acceptors (Lipinski definition) is 3. The van der Waals surface area contributed by atoms with Crippen molar-refractivity contribution in [3.05, 3.63) is 94.5 Å². The highest BCUT2D eigenvalue weighted by Gasteiger charge is 2.21. The Labute approximate surface area is 166 Å². The topological polar surface area (TPSA) is 74.6 Å². The van der Waals surface area contributed by atoms with Crippen molar-refractivity contribution in [1.82, 2.24) is 0 Å². The molecule has 0 saturated carbocycles. The van der Waals surface area contributed by atoms with Crippen LogP contribution in [0.2, 0.25) is 0 Å². The van der Waals surface area contributed by atoms with Crippen LogP contribution in [0.25, 0.3) is 0 Å². The van der Waals surface area contributed by atoms with Gasteiger partial charge in [-0.2, -0.15) is 8.42 Å². The zero-order valence-electron chi connectivity index (χ0n) is 16.1. The monoisotopic (exact) mass is 396 g/mol. The van der Waals surface area contributed by atoms with Gasteiger partial charge in [-0.05, 0) is 46.9 Å². The van der Waals surface area contributed by atoms with Crippen LogP contribution in [0.15, 0.2) is 71.6 Å². The molecule has 2 N–H and O–H groups in total. The van der Waals surface area contributed by atoms with Gasteiger partial charge in [0.15, 0.2) is 0 Å². The first-order chi connectivity index (χ1) is 13.2. The predicted octanol–water partition coefficient (Wildman–Crippen LogP) is 5.25. The summed E-state index contributed by atoms with van der Waals surface area (Å²) >= 11 is 0. The van der Waals surface area contributed by atoms with Crippen molar-refractivity contribution in [1.29, 1.82) is 0 Å². The van der Waals surface area contributed by atoms with E-state index in [9.17, 15) is 18.1 Å². The number of phenols is 1. The minimum Gasteiger partial charge on any atom is -0.506 e. The number of phenolic OH excluding ortho intramolecular Hbond substituents is 1. The minimum absolute atomic E-state index is 0.0952. The van der Waals surface area contributed by atoms with Gasteiger partial charge >= 0.3 is 0 Å². The molecule has 4 nitrogen and oxygen atoms in total. The van der Waals surface area contributed by atoms with Gasteiger partial charge in [0.1, 0.15) is 10.6 Å². The molecule has 0 fully saturated rings. The third-order valence-corrected chi connectivity index (χ3v) is 6.21. The van der Waals surface area contributed by atoms with Gasteiger partial charge in [0, 0.05) is 11.8 Å². The van der Waals surface area contributed by atoms with Crippen molar-refractivity contribution in [2.24, 2.45) is 0 Å². The largest absolute Gasteiger partial charge is 0.506 e. The molecule has 0 aliphatic carbocycles. The Balaban J connectivity index is 1.93. The Hall–Kier alpha value is -2.63. The molecular formula is C23H24O4S. The average Bonchev–Trinajstić information content (AvgIpc) is 2.67. The van der Waals surface area contributed by atoms with Crippen LogP contribution in [0.3, 0.4) is 0 Å². The molecule has 2 atom stereocenters. The summed E-state index contributed by atoms with van der Waals surface area (Å²) in [4.78, 5) is -0.464. The van der Waals surface area contributed by atoms with Crippen molar-refractivity contribution in [3.63, 3.8) is 0 Å². The quantitative estimate of drug-likeness (QED) is 0.578. The van der Waals surface area contributed by atoms with Crippen molar-refractivity contribution in [2.45, 2.75) is 37.5 Å². The lowest BCUT2D eigenvalue weighted by Crippen LogP contribution is -2.05. The molecule has 2 unspecified atom stereocenters. The van der Waals surface area contributed by atoms with E-state index in [1.165, 1.54) is 23.3 Å². The maximum Gasteiger partial charge on any atom is 0.298 e. The highest BCUT2D eigenvalue weighted by Crippen LogP contribution is 2.34. The Kier molecular flexibility index (Phi) is 5.59. The summed E-state index contributed by atoms with van der Waals surface area (Å²) < 4.78 is 32.4. The molecular weight excluding hydrogens is 372 g/mol. The first kappa shape index (κ1) is 20.1. The lowest BCUT2D eigenvalue weighted by Gasteiger charge is -2.18. The van der Waals surface area contributed by atoms with Gasteiger partial charge in [-0.25, -0.2) is 0 Å². The van der Waals surface area contributed by atoms with Gasteiger partial charge in [0.05, 0.1) is 0 Å². The van der Waals surface area contributed by atoms with E-state index in [4.69, 9.17) is 0 Å². The van der Waals surface area contributed by atoms with Crippen LogP contribution in [0.5, 0.6) is 5.75 Å². The smallest absolute Gasteiger partial charge is 0.298 e. The fourth-order valence-corrected chi connectivity index (χ4v) is 4.15. The van der Waals surface area contributed by atoms with Crippen molar-refractivity contribution in [3.8, 4) is 5.75 Å². The third kappa shape index (κ3) is 4.11. The van der Waals surface area contributed by atoms with Gasteiger partial charge in [0.25, 0.3) is 10.1 Å². The molecule has 0 aliphatic heterocycles. The fraction of sp³-hybridized carbons (Fsp3) is 0.217. The molecule has 3 aromatic rings. The van der Waals surface area contributed by atoms with Gasteiger partial charge in [0.2, 0.25) is 0 Å². The molecule has 0 aromatic heterocycles. The highest BCUT2D eigenvalue weighted by atomic mass is 32.2. The molecule has 0 heterocycles. The van der Waals surface area contributed by atoms with E-state index in [1.54, 1.807) is 0 Å². The molecule has 0 bridgehead atoms. The Bertz CT molecular complexity index is 1070. The summed E-state index contributed by atoms with van der Waals surface area (Å²) in [6, 6.07) is 21.3. The predicted molar refractivity (Wildman–Crippen MR) is 111 cm³/mol. The van der Waals surface area contributed by atoms with E-state index in [0.717, 1.165) is 16.7 Å². The second kappa shape index (κ2) is 7.78. The summed E-state index contributed by atoms with van der Waals surface area (Å²) in [7, 11) is -4.49. The van der Waals surface area contributed by atoms with Crippen molar-refractivity contribution < 1.29 is 18.1 Å². The van der Waals surface area contributed by atoms with E-state index in [1.807, 2.05) is 44.2 Å². The Morgan fingerprint density at radius 3 is 1.82 bits per heavy atom. The average molecular weight is 397 g/mol. The number of rotatable bonds is 5. The van der Waals surface area contributed by atoms with E-state index < -0.39 is 20.8 Å². The van der Waals surface area contributed by atoms with E-state index in [0.29, 0.717) is 0 Å². The molecule has 0 spiro atoms. The van der Waals surface area contributed by atoms with Crippen molar-refractivity contribution in [2.75, 3.05) is 0 Å². The second-order valence-corrected chi connectivity index (χ2v) is 8.56. The van der Waals surface area contributed by atoms with Gasteiger partial charge in [-0.15, -0.1) is 0 Å². The molecule has 28 heavy (non-hydrogen) atoms. The summed E-state index contributed by atoms with van der Waals surface area (Å²) in [5.41, 5.74) is 4.98. The summed E-state index contributed by atoms with van der Waals surface area (Å²) in [5, 5.41) is 9.87. The molecule has 0 saturated heterocycles. The fourth-order valence-electron chi connectivity index (χ4n) is 3.55. The standard InChI is InChI=1S/C23H24O4S/c1-15-13-22(24)23(28(25,26)27)14-21(15)17(3)20-11-9-19(10-12-20)16(2)18-7-5-4-6-8-18/h4-14,16-17,24H,1-3H3,(H,25,26,27). The maximum absolute atomic E-state index is 11.5.